The molecule has 1 saturated heterocycles. The third kappa shape index (κ3) is 8.91. The summed E-state index contributed by atoms with van der Waals surface area (Å²) in [5, 5.41) is 0. The van der Waals surface area contributed by atoms with E-state index in [1.165, 1.54) is 7.11 Å². The minimum Gasteiger partial charge on any atom is -0.486 e. The third-order valence-corrected chi connectivity index (χ3v) is 22.3. The second kappa shape index (κ2) is 17.6. The molecule has 0 aliphatic carbocycles. The van der Waals surface area contributed by atoms with Crippen molar-refractivity contribution in [2.24, 2.45) is 0 Å². The van der Waals surface area contributed by atoms with Gasteiger partial charge in [-0.3, -0.25) is 4.79 Å². The maximum atomic E-state index is 13.4. The molecule has 4 atom stereocenters. The number of methoxy groups -OCH3 is 1. The van der Waals surface area contributed by atoms with E-state index in [1.54, 1.807) is 38.1 Å². The number of carbonyl (C=O) groups excluding carboxylic acids is 2. The lowest BCUT2D eigenvalue weighted by Gasteiger charge is -2.48. The average molecular weight is 705 g/mol. The number of hydrogen-bond donors (Lipinski definition) is 0. The molecule has 1 aliphatic rings. The van der Waals surface area contributed by atoms with Crippen LogP contribution in [0.2, 0.25) is 33.2 Å². The Morgan fingerprint density at radius 1 is 0.792 bits per heavy atom. The fraction of sp³-hybridized carbons (Fsp3) is 0.684. The monoisotopic (exact) mass is 704 g/mol. The summed E-state index contributed by atoms with van der Waals surface area (Å²) in [6.07, 6.45) is 0.289. The molecule has 0 spiro atoms. The minimum atomic E-state index is -2.52. The molecule has 0 saturated carbocycles. The smallest absolute Gasteiger partial charge is 0.333 e. The molecule has 1 aromatic rings. The summed E-state index contributed by atoms with van der Waals surface area (Å²) in [4.78, 5) is 25.5. The van der Waals surface area contributed by atoms with Gasteiger partial charge in [-0.2, -0.15) is 0 Å². The molecular weight excluding hydrogens is 641 g/mol. The third-order valence-electron chi connectivity index (χ3n) is 10.1. The van der Waals surface area contributed by atoms with E-state index in [9.17, 15) is 9.59 Å². The first-order valence-corrected chi connectivity index (χ1v) is 21.9. The van der Waals surface area contributed by atoms with Gasteiger partial charge in [-0.15, -0.1) is 0 Å². The molecule has 272 valence electrons. The van der Waals surface area contributed by atoms with Crippen LogP contribution < -0.4 is 9.47 Å². The summed E-state index contributed by atoms with van der Waals surface area (Å²) in [6, 6.07) is 5.43. The van der Waals surface area contributed by atoms with Gasteiger partial charge in [0.1, 0.15) is 24.9 Å². The summed E-state index contributed by atoms with van der Waals surface area (Å²) in [5.41, 5.74) is 2.92. The standard InChI is InChI=1S/C38H64O8Si2/c1-17-20-42-33-22-31(21-29(14)37(40)41-16)18-19-32(33)43-38-36(46-48(26(8)9,27(10)11)28(12)13)35(34(44-38)30(15)39)45-47(23(2)3,24(4)5)25(6)7/h17-19,21-28,34-36,38H,1,20H2,2-16H3/b29-21+/t34-,35-,36+,38-/m1/s1. The van der Waals surface area contributed by atoms with E-state index in [-0.39, 0.29) is 29.0 Å². The van der Waals surface area contributed by atoms with Crippen LogP contribution in [0.5, 0.6) is 11.5 Å². The van der Waals surface area contributed by atoms with Crippen LogP contribution in [0.25, 0.3) is 6.08 Å². The Kier molecular flexibility index (Phi) is 15.4. The Morgan fingerprint density at radius 3 is 1.69 bits per heavy atom. The van der Waals surface area contributed by atoms with E-state index >= 15 is 0 Å². The zero-order chi connectivity index (χ0) is 36.7. The molecule has 0 unspecified atom stereocenters. The first-order chi connectivity index (χ1) is 22.3. The molecule has 1 aromatic carbocycles. The number of ether oxygens (including phenoxy) is 4. The first kappa shape index (κ1) is 41.9. The van der Waals surface area contributed by atoms with Crippen LogP contribution in [0.15, 0.2) is 36.4 Å². The van der Waals surface area contributed by atoms with E-state index in [0.717, 1.165) is 5.56 Å². The number of esters is 1. The highest BCUT2D eigenvalue weighted by Gasteiger charge is 2.59. The number of rotatable bonds is 18. The second-order valence-corrected chi connectivity index (χ2v) is 25.9. The summed E-state index contributed by atoms with van der Waals surface area (Å²) in [6.45, 7) is 34.2. The van der Waals surface area contributed by atoms with Gasteiger partial charge >= 0.3 is 5.97 Å². The Labute approximate surface area is 293 Å². The van der Waals surface area contributed by atoms with Crippen LogP contribution in [-0.4, -0.2) is 66.7 Å². The van der Waals surface area contributed by atoms with Crippen LogP contribution in [0.4, 0.5) is 0 Å². The van der Waals surface area contributed by atoms with Gasteiger partial charge in [0.25, 0.3) is 0 Å². The molecule has 2 rings (SSSR count). The van der Waals surface area contributed by atoms with E-state index in [4.69, 9.17) is 27.8 Å². The van der Waals surface area contributed by atoms with Gasteiger partial charge in [-0.05, 0) is 70.9 Å². The molecule has 10 heteroatoms. The van der Waals surface area contributed by atoms with E-state index in [1.807, 2.05) is 6.07 Å². The summed E-state index contributed by atoms with van der Waals surface area (Å²) >= 11 is 0. The fourth-order valence-corrected chi connectivity index (χ4v) is 19.2. The molecule has 48 heavy (non-hydrogen) atoms. The number of ketones is 1. The lowest BCUT2D eigenvalue weighted by Crippen LogP contribution is -2.59. The van der Waals surface area contributed by atoms with Crippen LogP contribution in [0.3, 0.4) is 0 Å². The van der Waals surface area contributed by atoms with Crippen molar-refractivity contribution in [1.82, 2.24) is 0 Å². The minimum absolute atomic E-state index is 0.119. The van der Waals surface area contributed by atoms with Crippen molar-refractivity contribution in [2.75, 3.05) is 13.7 Å². The fourth-order valence-electron chi connectivity index (χ4n) is 8.16. The summed E-state index contributed by atoms with van der Waals surface area (Å²) in [5.74, 6) is 0.341. The zero-order valence-corrected chi connectivity index (χ0v) is 34.3. The lowest BCUT2D eigenvalue weighted by atomic mass is 10.1. The number of hydrogen-bond acceptors (Lipinski definition) is 8. The highest BCUT2D eigenvalue weighted by molar-refractivity contribution is 6.78. The first-order valence-electron chi connectivity index (χ1n) is 17.6. The SMILES string of the molecule is C=CCOc1cc(/C=C(\C)C(=O)OC)ccc1O[C@@H]1O[C@H](C(C)=O)[C@@H](O[Si](C(C)C)(C(C)C)C(C)C)[C@@H]1O[Si](C(C)C)(C(C)C)C(C)C. The van der Waals surface area contributed by atoms with Gasteiger partial charge in [0, 0.05) is 5.57 Å². The average Bonchev–Trinajstić information content (AvgIpc) is 3.32. The van der Waals surface area contributed by atoms with Gasteiger partial charge < -0.3 is 27.8 Å². The molecular formula is C38H64O8Si2. The predicted octanol–water partition coefficient (Wildman–Crippen LogP) is 9.64. The van der Waals surface area contributed by atoms with Crippen molar-refractivity contribution in [3.63, 3.8) is 0 Å². The number of carbonyl (C=O) groups is 2. The zero-order valence-electron chi connectivity index (χ0n) is 32.3. The summed E-state index contributed by atoms with van der Waals surface area (Å²) in [7, 11) is -3.67. The van der Waals surface area contributed by atoms with Crippen LogP contribution in [0.1, 0.15) is 102 Å². The van der Waals surface area contributed by atoms with E-state index in [2.05, 4.69) is 89.7 Å². The van der Waals surface area contributed by atoms with Gasteiger partial charge in [0.05, 0.1) is 7.11 Å². The molecule has 0 radical (unpaired) electrons. The molecule has 8 nitrogen and oxygen atoms in total. The molecule has 0 amide bonds. The number of benzene rings is 1. The van der Waals surface area contributed by atoms with Crippen molar-refractivity contribution >= 4 is 34.5 Å². The molecule has 0 aromatic heterocycles. The van der Waals surface area contributed by atoms with Gasteiger partial charge in [0.15, 0.2) is 17.3 Å². The lowest BCUT2D eigenvalue weighted by molar-refractivity contribution is -0.141. The normalized spacial score (nSPS) is 20.8. The highest BCUT2D eigenvalue weighted by Crippen LogP contribution is 2.49. The topological polar surface area (TPSA) is 89.5 Å². The van der Waals surface area contributed by atoms with Gasteiger partial charge in [-0.1, -0.05) is 102 Å². The molecule has 1 fully saturated rings. The maximum Gasteiger partial charge on any atom is 0.333 e. The Hall–Kier alpha value is -2.25. The Bertz CT molecular complexity index is 1230. The second-order valence-electron chi connectivity index (χ2n) is 15.1. The molecule has 0 N–H and O–H groups in total. The molecule has 0 bridgehead atoms. The van der Waals surface area contributed by atoms with Crippen molar-refractivity contribution < 1.29 is 37.4 Å². The number of Topliss-reactive ketones (excluding diaryl/α,β-unsaturated/α-hetero) is 1. The van der Waals surface area contributed by atoms with E-state index in [0.29, 0.717) is 33.7 Å². The van der Waals surface area contributed by atoms with Crippen molar-refractivity contribution in [1.29, 1.82) is 0 Å². The predicted molar refractivity (Wildman–Crippen MR) is 200 cm³/mol. The van der Waals surface area contributed by atoms with Crippen molar-refractivity contribution in [2.45, 2.75) is 155 Å². The Morgan fingerprint density at radius 2 is 1.27 bits per heavy atom. The van der Waals surface area contributed by atoms with E-state index < -0.39 is 47.2 Å². The van der Waals surface area contributed by atoms with Gasteiger partial charge in [0.2, 0.25) is 22.9 Å². The highest BCUT2D eigenvalue weighted by atomic mass is 28.4. The quantitative estimate of drug-likeness (QED) is 0.0646. The van der Waals surface area contributed by atoms with Crippen LogP contribution >= 0.6 is 0 Å². The Balaban J connectivity index is 2.81. The molecule has 1 heterocycles. The summed E-state index contributed by atoms with van der Waals surface area (Å²) < 4.78 is 39.2. The van der Waals surface area contributed by atoms with Crippen molar-refractivity contribution in [3.8, 4) is 11.5 Å². The van der Waals surface area contributed by atoms with Crippen molar-refractivity contribution in [3.05, 3.63) is 42.0 Å². The van der Waals surface area contributed by atoms with Crippen LogP contribution in [0, 0.1) is 0 Å². The molecule has 1 aliphatic heterocycles. The van der Waals surface area contributed by atoms with Crippen LogP contribution in [-0.2, 0) is 27.9 Å². The maximum absolute atomic E-state index is 13.4. The largest absolute Gasteiger partial charge is 0.486 e. The van der Waals surface area contributed by atoms with Gasteiger partial charge in [-0.25, -0.2) is 4.79 Å².